The summed E-state index contributed by atoms with van der Waals surface area (Å²) < 4.78 is 5.73. The fourth-order valence-corrected chi connectivity index (χ4v) is 4.34. The molecule has 2 aromatic carbocycles. The molecule has 2 aromatic rings. The molecule has 1 aliphatic rings. The van der Waals surface area contributed by atoms with Gasteiger partial charge in [0.05, 0.1) is 5.92 Å². The monoisotopic (exact) mass is 405 g/mol. The highest BCUT2D eigenvalue weighted by Gasteiger charge is 2.34. The van der Waals surface area contributed by atoms with Crippen LogP contribution in [0.1, 0.15) is 63.5 Å². The predicted octanol–water partition coefficient (Wildman–Crippen LogP) is 6.49. The van der Waals surface area contributed by atoms with Gasteiger partial charge in [-0.05, 0) is 62.8 Å². The van der Waals surface area contributed by atoms with Gasteiger partial charge in [0.25, 0.3) is 0 Å². The van der Waals surface area contributed by atoms with Gasteiger partial charge in [0.15, 0.2) is 0 Å². The average molecular weight is 406 g/mol. The van der Waals surface area contributed by atoms with Crippen LogP contribution in [0.5, 0.6) is 0 Å². The molecule has 0 heterocycles. The Balaban J connectivity index is 1.73. The van der Waals surface area contributed by atoms with Crippen molar-refractivity contribution in [1.29, 1.82) is 0 Å². The second-order valence-electron chi connectivity index (χ2n) is 9.28. The van der Waals surface area contributed by atoms with Gasteiger partial charge in [0.1, 0.15) is 5.60 Å². The van der Waals surface area contributed by atoms with Crippen molar-refractivity contribution in [1.82, 2.24) is 0 Å². The van der Waals surface area contributed by atoms with E-state index in [1.165, 1.54) is 23.2 Å². The second-order valence-corrected chi connectivity index (χ2v) is 9.28. The van der Waals surface area contributed by atoms with Crippen LogP contribution >= 0.6 is 0 Å². The minimum absolute atomic E-state index is 0.0367. The molecule has 1 fully saturated rings. The summed E-state index contributed by atoms with van der Waals surface area (Å²) in [5.41, 5.74) is 3.27. The van der Waals surface area contributed by atoms with E-state index in [2.05, 4.69) is 60.0 Å². The quantitative estimate of drug-likeness (QED) is 0.389. The van der Waals surface area contributed by atoms with Crippen molar-refractivity contribution >= 4 is 11.7 Å². The Morgan fingerprint density at radius 2 is 1.73 bits per heavy atom. The number of ether oxygens (including phenoxy) is 1. The van der Waals surface area contributed by atoms with Crippen LogP contribution in [-0.2, 0) is 16.1 Å². The molecule has 0 amide bonds. The number of rotatable bonds is 7. The molecule has 1 aliphatic carbocycles. The van der Waals surface area contributed by atoms with E-state index in [4.69, 9.17) is 4.74 Å². The predicted molar refractivity (Wildman–Crippen MR) is 125 cm³/mol. The standard InChI is InChI=1S/C27H35NO2/c1-5-19-28(23-11-7-6-8-12-23)20-21-15-17-22(18-16-21)24-13-9-10-14-25(24)26(29)30-27(2,3)4/h5-8,11-12,15-18,24-25H,1,9-10,13-14,19-20H2,2-4H3/t24-,25+/m1/s1. The topological polar surface area (TPSA) is 29.5 Å². The van der Waals surface area contributed by atoms with Crippen molar-refractivity contribution in [3.8, 4) is 0 Å². The van der Waals surface area contributed by atoms with Crippen molar-refractivity contribution in [2.75, 3.05) is 11.4 Å². The highest BCUT2D eigenvalue weighted by molar-refractivity contribution is 5.74. The molecule has 0 aromatic heterocycles. The lowest BCUT2D eigenvalue weighted by Crippen LogP contribution is -2.33. The Morgan fingerprint density at radius 1 is 1.07 bits per heavy atom. The summed E-state index contributed by atoms with van der Waals surface area (Å²) in [5, 5.41) is 0. The van der Waals surface area contributed by atoms with E-state index in [1.807, 2.05) is 32.9 Å². The number of hydrogen-bond donors (Lipinski definition) is 0. The molecule has 0 saturated heterocycles. The molecule has 2 atom stereocenters. The average Bonchev–Trinajstić information content (AvgIpc) is 2.73. The van der Waals surface area contributed by atoms with Crippen LogP contribution in [0.2, 0.25) is 0 Å². The Hall–Kier alpha value is -2.55. The maximum Gasteiger partial charge on any atom is 0.310 e. The zero-order valence-electron chi connectivity index (χ0n) is 18.6. The summed E-state index contributed by atoms with van der Waals surface area (Å²) in [7, 11) is 0. The molecular formula is C27H35NO2. The van der Waals surface area contributed by atoms with Gasteiger partial charge in [-0.15, -0.1) is 6.58 Å². The van der Waals surface area contributed by atoms with Crippen LogP contribution in [0.15, 0.2) is 67.3 Å². The van der Waals surface area contributed by atoms with Gasteiger partial charge in [0.2, 0.25) is 0 Å². The molecule has 0 bridgehead atoms. The first-order chi connectivity index (χ1) is 14.4. The Labute approximate surface area is 181 Å². The molecule has 160 valence electrons. The lowest BCUT2D eigenvalue weighted by atomic mass is 9.75. The number of benzene rings is 2. The van der Waals surface area contributed by atoms with E-state index in [0.29, 0.717) is 0 Å². The Bertz CT molecular complexity index is 820. The van der Waals surface area contributed by atoms with Gasteiger partial charge < -0.3 is 9.64 Å². The SMILES string of the molecule is C=CCN(Cc1ccc([C@H]2CCCC[C@@H]2C(=O)OC(C)(C)C)cc1)c1ccccc1. The summed E-state index contributed by atoms with van der Waals surface area (Å²) in [6.07, 6.45) is 6.19. The molecule has 0 radical (unpaired) electrons. The van der Waals surface area contributed by atoms with Gasteiger partial charge in [-0.2, -0.15) is 0 Å². The van der Waals surface area contributed by atoms with Crippen LogP contribution in [0, 0.1) is 5.92 Å². The van der Waals surface area contributed by atoms with E-state index in [9.17, 15) is 4.79 Å². The number of carbonyl (C=O) groups excluding carboxylic acids is 1. The van der Waals surface area contributed by atoms with E-state index >= 15 is 0 Å². The van der Waals surface area contributed by atoms with E-state index in [-0.39, 0.29) is 17.8 Å². The van der Waals surface area contributed by atoms with Crippen molar-refractivity contribution in [2.45, 2.75) is 64.5 Å². The van der Waals surface area contributed by atoms with Crippen LogP contribution in [0.3, 0.4) is 0 Å². The zero-order chi connectivity index (χ0) is 21.6. The fourth-order valence-electron chi connectivity index (χ4n) is 4.34. The molecule has 1 saturated carbocycles. The van der Waals surface area contributed by atoms with Crippen molar-refractivity contribution < 1.29 is 9.53 Å². The van der Waals surface area contributed by atoms with Gasteiger partial charge in [-0.25, -0.2) is 0 Å². The maximum atomic E-state index is 12.8. The van der Waals surface area contributed by atoms with Crippen molar-refractivity contribution in [3.63, 3.8) is 0 Å². The summed E-state index contributed by atoms with van der Waals surface area (Å²) in [6.45, 7) is 11.4. The largest absolute Gasteiger partial charge is 0.460 e. The summed E-state index contributed by atoms with van der Waals surface area (Å²) in [5.74, 6) is 0.170. The Morgan fingerprint density at radius 3 is 2.37 bits per heavy atom. The van der Waals surface area contributed by atoms with E-state index < -0.39 is 5.60 Å². The number of esters is 1. The zero-order valence-corrected chi connectivity index (χ0v) is 18.6. The number of hydrogen-bond acceptors (Lipinski definition) is 3. The molecule has 30 heavy (non-hydrogen) atoms. The minimum atomic E-state index is -0.436. The summed E-state index contributed by atoms with van der Waals surface area (Å²) >= 11 is 0. The molecular weight excluding hydrogens is 370 g/mol. The molecule has 3 rings (SSSR count). The molecule has 0 aliphatic heterocycles. The van der Waals surface area contributed by atoms with Crippen molar-refractivity contribution in [3.05, 3.63) is 78.4 Å². The number of anilines is 1. The fraction of sp³-hybridized carbons (Fsp3) is 0.444. The van der Waals surface area contributed by atoms with Gasteiger partial charge >= 0.3 is 5.97 Å². The normalized spacial score (nSPS) is 19.2. The van der Waals surface area contributed by atoms with E-state index in [0.717, 1.165) is 32.4 Å². The maximum absolute atomic E-state index is 12.8. The lowest BCUT2D eigenvalue weighted by molar-refractivity contribution is -0.161. The number of nitrogens with zero attached hydrogens (tertiary/aromatic N) is 1. The first-order valence-corrected chi connectivity index (χ1v) is 11.1. The second kappa shape index (κ2) is 9.97. The third-order valence-corrected chi connectivity index (χ3v) is 5.73. The summed E-state index contributed by atoms with van der Waals surface area (Å²) in [6, 6.07) is 19.2. The van der Waals surface area contributed by atoms with Crippen LogP contribution in [-0.4, -0.2) is 18.1 Å². The lowest BCUT2D eigenvalue weighted by Gasteiger charge is -2.33. The van der Waals surface area contributed by atoms with Crippen LogP contribution < -0.4 is 4.90 Å². The van der Waals surface area contributed by atoms with Gasteiger partial charge in [-0.1, -0.05) is 61.4 Å². The molecule has 0 unspecified atom stereocenters. The first-order valence-electron chi connectivity index (χ1n) is 11.1. The van der Waals surface area contributed by atoms with Gasteiger partial charge in [0, 0.05) is 18.8 Å². The van der Waals surface area contributed by atoms with Crippen LogP contribution in [0.4, 0.5) is 5.69 Å². The Kier molecular flexibility index (Phi) is 7.36. The van der Waals surface area contributed by atoms with Crippen molar-refractivity contribution in [2.24, 2.45) is 5.92 Å². The third kappa shape index (κ3) is 5.98. The van der Waals surface area contributed by atoms with Gasteiger partial charge in [-0.3, -0.25) is 4.79 Å². The molecule has 0 spiro atoms. The van der Waals surface area contributed by atoms with E-state index in [1.54, 1.807) is 0 Å². The molecule has 3 nitrogen and oxygen atoms in total. The minimum Gasteiger partial charge on any atom is -0.460 e. The summed E-state index contributed by atoms with van der Waals surface area (Å²) in [4.78, 5) is 15.1. The first kappa shape index (κ1) is 22.1. The van der Waals surface area contributed by atoms with Crippen LogP contribution in [0.25, 0.3) is 0 Å². The molecule has 0 N–H and O–H groups in total. The highest BCUT2D eigenvalue weighted by atomic mass is 16.6. The number of para-hydroxylation sites is 1. The number of carbonyl (C=O) groups is 1. The third-order valence-electron chi connectivity index (χ3n) is 5.73. The highest BCUT2D eigenvalue weighted by Crippen LogP contribution is 2.39. The molecule has 3 heteroatoms. The smallest absolute Gasteiger partial charge is 0.310 e.